The predicted octanol–water partition coefficient (Wildman–Crippen LogP) is 19.7. The van der Waals surface area contributed by atoms with Crippen LogP contribution in [0.2, 0.25) is 0 Å². The zero-order chi connectivity index (χ0) is 45.3. The van der Waals surface area contributed by atoms with Gasteiger partial charge in [0, 0.05) is 62.8 Å². The van der Waals surface area contributed by atoms with Crippen molar-refractivity contribution in [2.45, 2.75) is 138 Å². The summed E-state index contributed by atoms with van der Waals surface area (Å²) in [6.45, 7) is 15.0. The molecule has 0 aliphatic rings. The van der Waals surface area contributed by atoms with Crippen LogP contribution in [0.3, 0.4) is 0 Å². The van der Waals surface area contributed by atoms with Gasteiger partial charge in [-0.25, -0.2) is 0 Å². The number of nitrogens with zero attached hydrogens (tertiary/aromatic N) is 5. The molecule has 10 rings (SSSR count). The predicted molar refractivity (Wildman–Crippen MR) is 297 cm³/mol. The van der Waals surface area contributed by atoms with Gasteiger partial charge in [-0.1, -0.05) is 136 Å². The Kier molecular flexibility index (Phi) is 14.5. The van der Waals surface area contributed by atoms with Crippen LogP contribution >= 0.6 is 80.1 Å². The Morgan fingerprint density at radius 3 is 1.39 bits per heavy atom. The van der Waals surface area contributed by atoms with E-state index in [1.165, 1.54) is 195 Å². The summed E-state index contributed by atoms with van der Waals surface area (Å²) >= 11 is 12.4. The molecule has 0 amide bonds. The van der Waals surface area contributed by atoms with Crippen molar-refractivity contribution < 1.29 is 0 Å². The first-order chi connectivity index (χ1) is 32.4. The molecule has 5 nitrogen and oxygen atoms in total. The van der Waals surface area contributed by atoms with Gasteiger partial charge in [0.2, 0.25) is 0 Å². The van der Waals surface area contributed by atoms with Crippen molar-refractivity contribution in [3.8, 4) is 41.8 Å². The van der Waals surface area contributed by atoms with Gasteiger partial charge in [-0.05, 0) is 73.4 Å². The molecule has 0 radical (unpaired) electrons. The van der Waals surface area contributed by atoms with Crippen LogP contribution < -0.4 is 0 Å². The average Bonchev–Trinajstić information content (AvgIpc) is 4.19. The SMILES string of the molecule is CCCCC(CC)Cc1ccc(-c2ccc(-c3cc4c(s3)c3sc5cc(-c6ccc(-c7ccc(CC(CC)CCCC)s7)c7nsnc67)sc5c3n4CC(CC)CCCC)c3nsnc23)s1. The van der Waals surface area contributed by atoms with Crippen LogP contribution in [-0.2, 0) is 19.4 Å². The van der Waals surface area contributed by atoms with Crippen molar-refractivity contribution >= 4 is 132 Å². The van der Waals surface area contributed by atoms with Gasteiger partial charge < -0.3 is 4.57 Å². The zero-order valence-electron chi connectivity index (χ0n) is 39.2. The van der Waals surface area contributed by atoms with Gasteiger partial charge in [0.15, 0.2) is 0 Å². The highest BCUT2D eigenvalue weighted by molar-refractivity contribution is 7.36. The van der Waals surface area contributed by atoms with E-state index in [2.05, 4.69) is 107 Å². The van der Waals surface area contributed by atoms with E-state index >= 15 is 0 Å². The second kappa shape index (κ2) is 20.7. The van der Waals surface area contributed by atoms with Crippen molar-refractivity contribution in [2.24, 2.45) is 17.8 Å². The topological polar surface area (TPSA) is 56.5 Å². The molecular formula is C54H61N5S7. The standard InChI is InChI=1S/C54H61N5S7/c1-7-13-16-32(10-4)27-35-19-25-42(60-35)37-21-23-39(49-47(37)55-65-57-49)44-29-41-52(62-44)54-51(59(41)31-34(12-6)18-15-9-3)53-46(64-54)30-45(63-53)40-24-22-38(48-50(40)58-66-56-48)43-26-20-36(61-43)28-33(11-5)17-14-8-2/h19-26,29-30,32-34H,7-18,27-28,31H2,1-6H3. The lowest BCUT2D eigenvalue weighted by molar-refractivity contribution is 0.401. The number of unbranched alkanes of at least 4 members (excludes halogenated alkanes) is 3. The molecule has 2 aromatic carbocycles. The Hall–Kier alpha value is -3.36. The maximum atomic E-state index is 4.98. The quantitative estimate of drug-likeness (QED) is 0.0679. The van der Waals surface area contributed by atoms with Crippen molar-refractivity contribution in [2.75, 3.05) is 0 Å². The van der Waals surface area contributed by atoms with Crippen LogP contribution in [0.4, 0.5) is 0 Å². The van der Waals surface area contributed by atoms with Gasteiger partial charge in [0.05, 0.1) is 48.6 Å². The molecular weight excluding hydrogens is 943 g/mol. The lowest BCUT2D eigenvalue weighted by Crippen LogP contribution is -2.09. The Bertz CT molecular complexity index is 3210. The van der Waals surface area contributed by atoms with E-state index < -0.39 is 0 Å². The van der Waals surface area contributed by atoms with E-state index in [1.807, 2.05) is 56.7 Å². The Balaban J connectivity index is 1.00. The first kappa shape index (κ1) is 46.4. The summed E-state index contributed by atoms with van der Waals surface area (Å²) < 4.78 is 28.1. The van der Waals surface area contributed by atoms with Crippen LogP contribution in [0.15, 0.2) is 60.7 Å². The van der Waals surface area contributed by atoms with Gasteiger partial charge in [-0.2, -0.15) is 17.5 Å². The number of hydrogen-bond donors (Lipinski definition) is 0. The summed E-state index contributed by atoms with van der Waals surface area (Å²) in [6, 6.07) is 23.5. The minimum Gasteiger partial charge on any atom is -0.338 e. The van der Waals surface area contributed by atoms with Crippen LogP contribution in [0.5, 0.6) is 0 Å². The van der Waals surface area contributed by atoms with Crippen molar-refractivity contribution in [1.82, 2.24) is 22.1 Å². The molecule has 0 saturated carbocycles. The number of benzene rings is 2. The number of hydrogen-bond acceptors (Lipinski definition) is 11. The normalized spacial score (nSPS) is 13.7. The molecule has 0 spiro atoms. The van der Waals surface area contributed by atoms with E-state index in [4.69, 9.17) is 17.5 Å². The molecule has 8 heterocycles. The average molecular weight is 1000 g/mol. The molecule has 0 saturated heterocycles. The molecule has 8 aromatic heterocycles. The molecule has 3 unspecified atom stereocenters. The second-order valence-corrected chi connectivity index (χ2v) is 25.0. The maximum absolute atomic E-state index is 4.98. The molecule has 344 valence electrons. The van der Waals surface area contributed by atoms with E-state index in [0.29, 0.717) is 5.92 Å². The highest BCUT2D eigenvalue weighted by Crippen LogP contribution is 2.52. The lowest BCUT2D eigenvalue weighted by Gasteiger charge is -2.17. The molecule has 12 heteroatoms. The summed E-state index contributed by atoms with van der Waals surface area (Å²) in [5, 5.41) is 0. The van der Waals surface area contributed by atoms with Gasteiger partial charge in [0.25, 0.3) is 0 Å². The van der Waals surface area contributed by atoms with Gasteiger partial charge in [0.1, 0.15) is 22.1 Å². The van der Waals surface area contributed by atoms with Crippen LogP contribution in [-0.4, -0.2) is 22.1 Å². The summed E-state index contributed by atoms with van der Waals surface area (Å²) in [5.41, 5.74) is 11.7. The maximum Gasteiger partial charge on any atom is 0.114 e. The number of fused-ring (bicyclic) bond motifs is 7. The molecule has 66 heavy (non-hydrogen) atoms. The minimum atomic E-state index is 0.625. The summed E-state index contributed by atoms with van der Waals surface area (Å²) in [4.78, 5) is 8.14. The highest BCUT2D eigenvalue weighted by atomic mass is 32.1. The molecule has 0 aliphatic carbocycles. The first-order valence-electron chi connectivity index (χ1n) is 24.6. The minimum absolute atomic E-state index is 0.625. The smallest absolute Gasteiger partial charge is 0.114 e. The first-order valence-corrected chi connectivity index (χ1v) is 30.1. The van der Waals surface area contributed by atoms with Gasteiger partial charge in [-0.15, -0.1) is 56.7 Å². The van der Waals surface area contributed by atoms with Crippen LogP contribution in [0, 0.1) is 17.8 Å². The van der Waals surface area contributed by atoms with E-state index in [-0.39, 0.29) is 0 Å². The third kappa shape index (κ3) is 9.02. The van der Waals surface area contributed by atoms with E-state index in [0.717, 1.165) is 40.4 Å². The Morgan fingerprint density at radius 2 is 0.909 bits per heavy atom. The molecule has 10 aromatic rings. The fraction of sp³-hybridized carbons (Fsp3) is 0.444. The third-order valence-corrected chi connectivity index (χ3v) is 21.2. The third-order valence-electron chi connectivity index (χ3n) is 14.1. The van der Waals surface area contributed by atoms with Gasteiger partial charge in [-0.3, -0.25) is 0 Å². The largest absolute Gasteiger partial charge is 0.338 e. The summed E-state index contributed by atoms with van der Waals surface area (Å²) in [7, 11) is 0. The number of aromatic nitrogens is 5. The van der Waals surface area contributed by atoms with Crippen molar-refractivity contribution in [3.63, 3.8) is 0 Å². The fourth-order valence-corrected chi connectivity index (χ4v) is 17.5. The molecule has 0 fully saturated rings. The van der Waals surface area contributed by atoms with Gasteiger partial charge >= 0.3 is 0 Å². The van der Waals surface area contributed by atoms with Crippen molar-refractivity contribution in [3.05, 3.63) is 70.4 Å². The van der Waals surface area contributed by atoms with E-state index in [9.17, 15) is 0 Å². The summed E-state index contributed by atoms with van der Waals surface area (Å²) in [5.74, 6) is 2.14. The number of thiophene rings is 5. The molecule has 0 N–H and O–H groups in total. The molecule has 0 aliphatic heterocycles. The van der Waals surface area contributed by atoms with Crippen molar-refractivity contribution in [1.29, 1.82) is 0 Å². The van der Waals surface area contributed by atoms with E-state index in [1.54, 1.807) is 0 Å². The monoisotopic (exact) mass is 1000 g/mol. The fourth-order valence-electron chi connectivity index (χ4n) is 10.0. The number of rotatable bonds is 22. The zero-order valence-corrected chi connectivity index (χ0v) is 44.9. The van der Waals surface area contributed by atoms with Crippen LogP contribution in [0.1, 0.15) is 128 Å². The lowest BCUT2D eigenvalue weighted by atomic mass is 9.95. The second-order valence-electron chi connectivity index (χ2n) is 18.5. The molecule has 0 bridgehead atoms. The Labute approximate surface area is 418 Å². The highest BCUT2D eigenvalue weighted by Gasteiger charge is 2.26. The molecule has 3 atom stereocenters. The van der Waals surface area contributed by atoms with Crippen LogP contribution in [0.25, 0.3) is 93.7 Å². The summed E-state index contributed by atoms with van der Waals surface area (Å²) in [6.07, 6.45) is 17.6. The Morgan fingerprint density at radius 1 is 0.455 bits per heavy atom.